The first-order valence-electron chi connectivity index (χ1n) is 11.0. The molecule has 31 heavy (non-hydrogen) atoms. The highest BCUT2D eigenvalue weighted by Crippen LogP contribution is 2.53. The monoisotopic (exact) mass is 402 g/mol. The quantitative estimate of drug-likeness (QED) is 0.294. The van der Waals surface area contributed by atoms with Gasteiger partial charge >= 0.3 is 0 Å². The number of fused-ring (bicyclic) bond motifs is 7. The Bertz CT molecular complexity index is 1610. The number of allylic oxidation sites excluding steroid dienone is 4. The summed E-state index contributed by atoms with van der Waals surface area (Å²) in [5.74, 6) is 0. The Morgan fingerprint density at radius 1 is 1.00 bits per heavy atom. The number of nitrogens with zero attached hydrogens (tertiary/aromatic N) is 2. The van der Waals surface area contributed by atoms with E-state index in [1.807, 2.05) is 6.07 Å². The molecular formula is C28H22N2O. The second-order valence-electron chi connectivity index (χ2n) is 9.20. The van der Waals surface area contributed by atoms with Crippen LogP contribution in [0.5, 0.6) is 0 Å². The summed E-state index contributed by atoms with van der Waals surface area (Å²) in [5, 5.41) is 2.60. The fourth-order valence-electron chi connectivity index (χ4n) is 5.86. The molecule has 7 rings (SSSR count). The molecule has 3 aromatic carbocycles. The smallest absolute Gasteiger partial charge is 0.181 e. The van der Waals surface area contributed by atoms with E-state index in [9.17, 15) is 0 Å². The number of rotatable bonds is 1. The normalized spacial score (nSPS) is 17.1. The van der Waals surface area contributed by atoms with E-state index in [1.54, 1.807) is 0 Å². The van der Waals surface area contributed by atoms with Gasteiger partial charge in [-0.15, -0.1) is 0 Å². The summed E-state index contributed by atoms with van der Waals surface area (Å²) < 4.78 is 7.93. The average Bonchev–Trinajstić information content (AvgIpc) is 3.45. The fraction of sp³-hybridized carbons (Fsp3) is 0.179. The van der Waals surface area contributed by atoms with Crippen LogP contribution in [-0.4, -0.2) is 9.55 Å². The first-order valence-corrected chi connectivity index (χ1v) is 11.0. The van der Waals surface area contributed by atoms with Gasteiger partial charge in [-0.05, 0) is 59.4 Å². The summed E-state index contributed by atoms with van der Waals surface area (Å²) in [6, 6.07) is 19.7. The Labute approximate surface area is 180 Å². The van der Waals surface area contributed by atoms with Gasteiger partial charge in [0.2, 0.25) is 0 Å². The van der Waals surface area contributed by atoms with Crippen LogP contribution in [0.25, 0.3) is 44.2 Å². The Morgan fingerprint density at radius 2 is 1.90 bits per heavy atom. The van der Waals surface area contributed by atoms with Crippen LogP contribution >= 0.6 is 0 Å². The third-order valence-electron chi connectivity index (χ3n) is 7.20. The molecule has 0 unspecified atom stereocenters. The molecule has 0 aliphatic heterocycles. The first-order chi connectivity index (χ1) is 15.1. The van der Waals surface area contributed by atoms with Crippen LogP contribution in [0, 0.1) is 0 Å². The summed E-state index contributed by atoms with van der Waals surface area (Å²) >= 11 is 0. The van der Waals surface area contributed by atoms with Crippen molar-refractivity contribution in [3.05, 3.63) is 89.8 Å². The van der Waals surface area contributed by atoms with E-state index in [2.05, 4.69) is 84.1 Å². The van der Waals surface area contributed by atoms with Crippen molar-refractivity contribution < 1.29 is 4.42 Å². The molecule has 2 aliphatic rings. The lowest BCUT2D eigenvalue weighted by molar-refractivity contribution is 0.602. The molecule has 0 saturated carbocycles. The van der Waals surface area contributed by atoms with E-state index in [-0.39, 0.29) is 5.41 Å². The minimum atomic E-state index is -0.0365. The molecule has 0 fully saturated rings. The van der Waals surface area contributed by atoms with Crippen molar-refractivity contribution in [3.8, 4) is 5.69 Å². The fourth-order valence-corrected chi connectivity index (χ4v) is 5.86. The molecule has 2 heterocycles. The number of para-hydroxylation sites is 1. The summed E-state index contributed by atoms with van der Waals surface area (Å²) in [6.07, 6.45) is 8.46. The first kappa shape index (κ1) is 17.1. The van der Waals surface area contributed by atoms with E-state index < -0.39 is 0 Å². The third-order valence-corrected chi connectivity index (χ3v) is 7.20. The molecule has 2 aromatic heterocycles. The molecule has 0 radical (unpaired) electrons. The van der Waals surface area contributed by atoms with E-state index in [0.717, 1.165) is 29.6 Å². The lowest BCUT2D eigenvalue weighted by atomic mass is 9.79. The minimum Gasteiger partial charge on any atom is -0.443 e. The van der Waals surface area contributed by atoms with Gasteiger partial charge in [0.1, 0.15) is 5.52 Å². The molecule has 3 nitrogen and oxygen atoms in total. The second-order valence-corrected chi connectivity index (χ2v) is 9.20. The van der Waals surface area contributed by atoms with Crippen molar-refractivity contribution >= 4 is 38.5 Å². The Kier molecular flexibility index (Phi) is 3.18. The highest BCUT2D eigenvalue weighted by atomic mass is 16.3. The van der Waals surface area contributed by atoms with Gasteiger partial charge in [-0.3, -0.25) is 0 Å². The number of oxazole rings is 1. The predicted molar refractivity (Wildman–Crippen MR) is 127 cm³/mol. The zero-order valence-electron chi connectivity index (χ0n) is 17.6. The second kappa shape index (κ2) is 5.76. The summed E-state index contributed by atoms with van der Waals surface area (Å²) in [5.41, 5.74) is 11.2. The Balaban J connectivity index is 1.66. The van der Waals surface area contributed by atoms with E-state index in [4.69, 9.17) is 4.42 Å². The van der Waals surface area contributed by atoms with E-state index in [1.165, 1.54) is 50.5 Å². The zero-order chi connectivity index (χ0) is 20.7. The number of hydrogen-bond acceptors (Lipinski definition) is 2. The molecule has 5 aromatic rings. The molecule has 0 N–H and O–H groups in total. The van der Waals surface area contributed by atoms with Gasteiger partial charge in [0.25, 0.3) is 0 Å². The number of aromatic nitrogens is 2. The molecular weight excluding hydrogens is 380 g/mol. The van der Waals surface area contributed by atoms with Gasteiger partial charge in [-0.1, -0.05) is 56.3 Å². The van der Waals surface area contributed by atoms with Gasteiger partial charge in [-0.2, -0.15) is 0 Å². The van der Waals surface area contributed by atoms with Crippen molar-refractivity contribution in [1.29, 1.82) is 0 Å². The molecule has 0 amide bonds. The van der Waals surface area contributed by atoms with Gasteiger partial charge < -0.3 is 8.98 Å². The standard InChI is InChI=1S/C28H22N2O/c1-28(2)22-9-5-3-7-18(22)20-12-13-21-19-8-4-6-10-24(19)30(27(21)26(20)28)17-11-14-25-23(15-17)29-16-31-25/h4-6,8-16H,3,7H2,1-2H3. The summed E-state index contributed by atoms with van der Waals surface area (Å²) in [7, 11) is 0. The maximum absolute atomic E-state index is 5.50. The zero-order valence-corrected chi connectivity index (χ0v) is 17.6. The van der Waals surface area contributed by atoms with Crippen molar-refractivity contribution in [2.75, 3.05) is 0 Å². The molecule has 0 atom stereocenters. The van der Waals surface area contributed by atoms with E-state index in [0.29, 0.717) is 0 Å². The SMILES string of the molecule is CC1(C)C2=C(CCC=C2)c2ccc3c4ccccc4n(-c4ccc5ocnc5c4)c3c21. The lowest BCUT2D eigenvalue weighted by Crippen LogP contribution is -2.18. The van der Waals surface area contributed by atoms with Gasteiger partial charge in [0.05, 0.1) is 11.0 Å². The molecule has 0 spiro atoms. The molecule has 0 bridgehead atoms. The topological polar surface area (TPSA) is 31.0 Å². The van der Waals surface area contributed by atoms with Crippen LogP contribution in [0.15, 0.2) is 83.1 Å². The van der Waals surface area contributed by atoms with Gasteiger partial charge in [0.15, 0.2) is 12.0 Å². The van der Waals surface area contributed by atoms with Crippen LogP contribution in [0.2, 0.25) is 0 Å². The van der Waals surface area contributed by atoms with Crippen LogP contribution in [0.3, 0.4) is 0 Å². The molecule has 2 aliphatic carbocycles. The highest BCUT2D eigenvalue weighted by molar-refractivity contribution is 6.12. The number of benzene rings is 3. The molecule has 150 valence electrons. The summed E-state index contributed by atoms with van der Waals surface area (Å²) in [6.45, 7) is 4.76. The van der Waals surface area contributed by atoms with Gasteiger partial charge in [0, 0.05) is 21.9 Å². The highest BCUT2D eigenvalue weighted by Gasteiger charge is 2.39. The summed E-state index contributed by atoms with van der Waals surface area (Å²) in [4.78, 5) is 4.41. The third kappa shape index (κ3) is 2.11. The van der Waals surface area contributed by atoms with Crippen LogP contribution in [-0.2, 0) is 5.41 Å². The predicted octanol–water partition coefficient (Wildman–Crippen LogP) is 7.32. The van der Waals surface area contributed by atoms with E-state index >= 15 is 0 Å². The van der Waals surface area contributed by atoms with Crippen LogP contribution in [0.4, 0.5) is 0 Å². The molecule has 3 heteroatoms. The van der Waals surface area contributed by atoms with Crippen molar-refractivity contribution in [2.24, 2.45) is 0 Å². The van der Waals surface area contributed by atoms with Crippen LogP contribution < -0.4 is 0 Å². The Morgan fingerprint density at radius 3 is 2.84 bits per heavy atom. The maximum atomic E-state index is 5.50. The van der Waals surface area contributed by atoms with Crippen molar-refractivity contribution in [1.82, 2.24) is 9.55 Å². The Hall–Kier alpha value is -3.59. The number of hydrogen-bond donors (Lipinski definition) is 0. The maximum Gasteiger partial charge on any atom is 0.181 e. The minimum absolute atomic E-state index is 0.0365. The van der Waals surface area contributed by atoms with Crippen LogP contribution in [0.1, 0.15) is 37.8 Å². The molecule has 0 saturated heterocycles. The average molecular weight is 402 g/mol. The largest absolute Gasteiger partial charge is 0.443 e. The van der Waals surface area contributed by atoms with Crippen molar-refractivity contribution in [3.63, 3.8) is 0 Å². The lowest BCUT2D eigenvalue weighted by Gasteiger charge is -2.25. The van der Waals surface area contributed by atoms with Gasteiger partial charge in [-0.25, -0.2) is 4.98 Å². The van der Waals surface area contributed by atoms with Crippen molar-refractivity contribution in [2.45, 2.75) is 32.1 Å².